The van der Waals surface area contributed by atoms with Crippen molar-refractivity contribution in [2.45, 2.75) is 52.0 Å². The molecule has 3 rings (SSSR count). The molecule has 0 unspecified atom stereocenters. The fraction of sp³-hybridized carbons (Fsp3) is 0.474. The first-order chi connectivity index (χ1) is 12.3. The maximum atomic E-state index is 12.7. The van der Waals surface area contributed by atoms with Crippen LogP contribution in [-0.2, 0) is 0 Å². The summed E-state index contributed by atoms with van der Waals surface area (Å²) < 4.78 is 13.1. The molecule has 7 heteroatoms. The fourth-order valence-electron chi connectivity index (χ4n) is 3.02. The Labute approximate surface area is 157 Å². The third kappa shape index (κ3) is 3.40. The van der Waals surface area contributed by atoms with E-state index < -0.39 is 0 Å². The normalized spacial score (nSPS) is 16.6. The number of nitrogens with one attached hydrogen (secondary N) is 1. The molecule has 0 spiro atoms. The van der Waals surface area contributed by atoms with E-state index in [0.29, 0.717) is 22.9 Å². The minimum atomic E-state index is -0.133. The lowest BCUT2D eigenvalue weighted by Crippen LogP contribution is -2.14. The average Bonchev–Trinajstić information content (AvgIpc) is 2.90. The lowest BCUT2D eigenvalue weighted by atomic mass is 10.1. The van der Waals surface area contributed by atoms with E-state index in [2.05, 4.69) is 10.1 Å². The van der Waals surface area contributed by atoms with Gasteiger partial charge in [-0.15, -0.1) is 0 Å². The Morgan fingerprint density at radius 2 is 1.96 bits per heavy atom. The molecule has 2 heterocycles. The summed E-state index contributed by atoms with van der Waals surface area (Å²) in [5, 5.41) is 3.73. The Kier molecular flexibility index (Phi) is 5.18. The van der Waals surface area contributed by atoms with E-state index in [1.807, 2.05) is 57.5 Å². The molecule has 1 aromatic heterocycles. The van der Waals surface area contributed by atoms with E-state index in [1.54, 1.807) is 18.9 Å². The molecule has 0 amide bonds. The highest BCUT2D eigenvalue weighted by molar-refractivity contribution is 8.14. The van der Waals surface area contributed by atoms with Crippen LogP contribution in [0, 0.1) is 0 Å². The molecule has 0 saturated carbocycles. The van der Waals surface area contributed by atoms with Crippen LogP contribution in [0.25, 0.3) is 0 Å². The first-order valence-electron chi connectivity index (χ1n) is 8.72. The smallest absolute Gasteiger partial charge is 0.271 e. The number of hydrogen-bond donors (Lipinski definition) is 1. The summed E-state index contributed by atoms with van der Waals surface area (Å²) in [7, 11) is 1.62. The van der Waals surface area contributed by atoms with Gasteiger partial charge in [-0.2, -0.15) is 0 Å². The van der Waals surface area contributed by atoms with Gasteiger partial charge in [-0.25, -0.2) is 4.99 Å². The maximum absolute atomic E-state index is 12.7. The van der Waals surface area contributed by atoms with E-state index in [4.69, 9.17) is 9.47 Å². The molecule has 0 bridgehead atoms. The summed E-state index contributed by atoms with van der Waals surface area (Å²) in [5.41, 5.74) is 1.59. The van der Waals surface area contributed by atoms with Gasteiger partial charge in [-0.3, -0.25) is 14.6 Å². The first kappa shape index (κ1) is 18.6. The van der Waals surface area contributed by atoms with Crippen LogP contribution in [0.2, 0.25) is 0 Å². The van der Waals surface area contributed by atoms with E-state index in [9.17, 15) is 4.79 Å². The van der Waals surface area contributed by atoms with Crippen LogP contribution in [-0.4, -0.2) is 28.0 Å². The van der Waals surface area contributed by atoms with Gasteiger partial charge >= 0.3 is 0 Å². The first-order valence-corrected chi connectivity index (χ1v) is 9.60. The van der Waals surface area contributed by atoms with Crippen LogP contribution >= 0.6 is 11.8 Å². The number of fused-ring (bicyclic) bond motifs is 1. The summed E-state index contributed by atoms with van der Waals surface area (Å²) in [5.74, 6) is 2.08. The molecule has 1 aromatic carbocycles. The number of rotatable bonds is 5. The number of nitrogens with zero attached hydrogens (tertiary/aromatic N) is 2. The average molecular weight is 375 g/mol. The van der Waals surface area contributed by atoms with Crippen LogP contribution in [0.4, 0.5) is 5.82 Å². The standard InChI is InChI=1S/C19H25N3O3S/c1-10(2)22-18-16(19(23)21-22)17(26-12(5)20-18)13-7-8-14(24-6)15(9-13)25-11(3)4/h7-11,17H,1-6H3,(H,21,23)/t17-/m0/s1. The summed E-state index contributed by atoms with van der Waals surface area (Å²) in [4.78, 5) is 17.3. The molecule has 1 aliphatic heterocycles. The molecule has 1 atom stereocenters. The van der Waals surface area contributed by atoms with Crippen LogP contribution in [0.15, 0.2) is 28.0 Å². The number of aromatic amines is 1. The van der Waals surface area contributed by atoms with Gasteiger partial charge in [0.1, 0.15) is 0 Å². The molecular weight excluding hydrogens is 350 g/mol. The third-order valence-corrected chi connectivity index (χ3v) is 5.30. The topological polar surface area (TPSA) is 68.6 Å². The van der Waals surface area contributed by atoms with Crippen molar-refractivity contribution in [3.05, 3.63) is 39.7 Å². The molecule has 0 saturated heterocycles. The largest absolute Gasteiger partial charge is 0.493 e. The van der Waals surface area contributed by atoms with E-state index in [1.165, 1.54) is 0 Å². The van der Waals surface area contributed by atoms with Crippen molar-refractivity contribution in [2.75, 3.05) is 7.11 Å². The molecule has 1 aliphatic rings. The fourth-order valence-corrected chi connectivity index (χ4v) is 4.11. The SMILES string of the molecule is COc1ccc([C@@H]2SC(C)=Nc3c2c(=O)[nH]n3C(C)C)cc1OC(C)C. The predicted octanol–water partition coefficient (Wildman–Crippen LogP) is 4.44. The lowest BCUT2D eigenvalue weighted by Gasteiger charge is -2.23. The zero-order chi connectivity index (χ0) is 19.0. The van der Waals surface area contributed by atoms with Gasteiger partial charge in [0.05, 0.1) is 29.1 Å². The van der Waals surface area contributed by atoms with Gasteiger partial charge < -0.3 is 9.47 Å². The number of methoxy groups -OCH3 is 1. The van der Waals surface area contributed by atoms with Crippen molar-refractivity contribution >= 4 is 22.6 Å². The zero-order valence-electron chi connectivity index (χ0n) is 16.0. The van der Waals surface area contributed by atoms with Crippen molar-refractivity contribution in [3.63, 3.8) is 0 Å². The predicted molar refractivity (Wildman–Crippen MR) is 106 cm³/mol. The quantitative estimate of drug-likeness (QED) is 0.839. The second-order valence-corrected chi connectivity index (χ2v) is 8.15. The van der Waals surface area contributed by atoms with Crippen molar-refractivity contribution in [3.8, 4) is 11.5 Å². The highest BCUT2D eigenvalue weighted by Crippen LogP contribution is 2.45. The van der Waals surface area contributed by atoms with Crippen LogP contribution < -0.4 is 15.0 Å². The maximum Gasteiger partial charge on any atom is 0.271 e. The van der Waals surface area contributed by atoms with E-state index in [0.717, 1.165) is 10.6 Å². The number of thioether (sulfide) groups is 1. The van der Waals surface area contributed by atoms with Gasteiger partial charge in [-0.1, -0.05) is 17.8 Å². The van der Waals surface area contributed by atoms with Crippen LogP contribution in [0.1, 0.15) is 57.0 Å². The number of aromatic nitrogens is 2. The van der Waals surface area contributed by atoms with Gasteiger partial charge in [0.15, 0.2) is 17.3 Å². The van der Waals surface area contributed by atoms with Crippen LogP contribution in [0.5, 0.6) is 11.5 Å². The third-order valence-electron chi connectivity index (χ3n) is 4.12. The van der Waals surface area contributed by atoms with E-state index in [-0.39, 0.29) is 23.0 Å². The molecule has 0 radical (unpaired) electrons. The van der Waals surface area contributed by atoms with Crippen molar-refractivity contribution in [2.24, 2.45) is 4.99 Å². The minimum absolute atomic E-state index is 0.0300. The Morgan fingerprint density at radius 1 is 1.23 bits per heavy atom. The monoisotopic (exact) mass is 375 g/mol. The Balaban J connectivity index is 2.12. The minimum Gasteiger partial charge on any atom is -0.493 e. The van der Waals surface area contributed by atoms with Crippen molar-refractivity contribution in [1.82, 2.24) is 9.78 Å². The second-order valence-electron chi connectivity index (χ2n) is 6.85. The Bertz CT molecular complexity index is 896. The summed E-state index contributed by atoms with van der Waals surface area (Å²) in [6, 6.07) is 5.97. The van der Waals surface area contributed by atoms with Crippen molar-refractivity contribution in [1.29, 1.82) is 0 Å². The molecule has 140 valence electrons. The molecule has 0 aliphatic carbocycles. The molecule has 1 N–H and O–H groups in total. The number of aliphatic imine (C=N–C) groups is 1. The van der Waals surface area contributed by atoms with Gasteiger partial charge in [0.2, 0.25) is 0 Å². The number of H-pyrrole nitrogens is 1. The van der Waals surface area contributed by atoms with E-state index >= 15 is 0 Å². The molecule has 2 aromatic rings. The van der Waals surface area contributed by atoms with Gasteiger partial charge in [0.25, 0.3) is 5.56 Å². The number of benzene rings is 1. The van der Waals surface area contributed by atoms with Gasteiger partial charge in [-0.05, 0) is 52.3 Å². The lowest BCUT2D eigenvalue weighted by molar-refractivity contribution is 0.230. The second kappa shape index (κ2) is 7.23. The Morgan fingerprint density at radius 3 is 2.58 bits per heavy atom. The molecule has 26 heavy (non-hydrogen) atoms. The molecule has 6 nitrogen and oxygen atoms in total. The Hall–Kier alpha value is -2.15. The molecule has 0 fully saturated rings. The summed E-state index contributed by atoms with van der Waals surface area (Å²) >= 11 is 1.58. The van der Waals surface area contributed by atoms with Gasteiger partial charge in [0, 0.05) is 6.04 Å². The van der Waals surface area contributed by atoms with Crippen molar-refractivity contribution < 1.29 is 9.47 Å². The van der Waals surface area contributed by atoms with Crippen LogP contribution in [0.3, 0.4) is 0 Å². The highest BCUT2D eigenvalue weighted by Gasteiger charge is 2.31. The summed E-state index contributed by atoms with van der Waals surface area (Å²) in [6.45, 7) is 9.98. The zero-order valence-corrected chi connectivity index (χ0v) is 16.8. The highest BCUT2D eigenvalue weighted by atomic mass is 32.2. The number of hydrogen-bond acceptors (Lipinski definition) is 5. The molecular formula is C19H25N3O3S. The number of ether oxygens (including phenoxy) is 2. The summed E-state index contributed by atoms with van der Waals surface area (Å²) in [6.07, 6.45) is 0.0300.